The Morgan fingerprint density at radius 2 is 1.23 bits per heavy atom. The van der Waals surface area contributed by atoms with Gasteiger partial charge in [-0.05, 0) is 19.3 Å². The molecular formula is C34H70N2O6P+. The van der Waals surface area contributed by atoms with E-state index < -0.39 is 20.0 Å². The Kier molecular flexibility index (Phi) is 27.1. The zero-order chi connectivity index (χ0) is 32.2. The number of hydrogen-bond acceptors (Lipinski definition) is 5. The van der Waals surface area contributed by atoms with Crippen molar-refractivity contribution in [3.05, 3.63) is 12.2 Å². The molecule has 0 radical (unpaired) electrons. The van der Waals surface area contributed by atoms with Gasteiger partial charge in [0.05, 0.1) is 39.9 Å². The topological polar surface area (TPSA) is 105 Å². The lowest BCUT2D eigenvalue weighted by molar-refractivity contribution is -0.870. The Bertz CT molecular complexity index is 728. The van der Waals surface area contributed by atoms with Gasteiger partial charge < -0.3 is 19.8 Å². The molecule has 0 bridgehead atoms. The number of likely N-dealkylation sites (N-methyl/N-ethyl adjacent to an activating group) is 1. The smallest absolute Gasteiger partial charge is 0.387 e. The van der Waals surface area contributed by atoms with Crippen LogP contribution < -0.4 is 5.32 Å². The molecule has 3 atom stereocenters. The molecule has 0 fully saturated rings. The molecule has 1 unspecified atom stereocenters. The van der Waals surface area contributed by atoms with E-state index in [0.29, 0.717) is 17.4 Å². The number of aliphatic hydroxyl groups is 1. The molecule has 0 saturated carbocycles. The van der Waals surface area contributed by atoms with Crippen LogP contribution in [0.1, 0.15) is 149 Å². The van der Waals surface area contributed by atoms with E-state index in [9.17, 15) is 19.4 Å². The minimum absolute atomic E-state index is 0.0637. The van der Waals surface area contributed by atoms with Crippen molar-refractivity contribution < 1.29 is 32.9 Å². The SMILES string of the molecule is CCCCCCCCCC/C=C\[C@@H](O)[C@H](COP(=O)(O)OCC[N+](C)(C)C)NC(=O)CCCCCCCCCCCCC. The molecule has 3 N–H and O–H groups in total. The second-order valence-corrected chi connectivity index (χ2v) is 14.7. The molecule has 0 aromatic heterocycles. The maximum atomic E-state index is 12.7. The van der Waals surface area contributed by atoms with Crippen LogP contribution in [0.5, 0.6) is 0 Å². The van der Waals surface area contributed by atoms with Crippen LogP contribution in [0.3, 0.4) is 0 Å². The molecule has 0 aliphatic heterocycles. The quantitative estimate of drug-likeness (QED) is 0.0306. The van der Waals surface area contributed by atoms with Gasteiger partial charge in [-0.2, -0.15) is 0 Å². The highest BCUT2D eigenvalue weighted by Gasteiger charge is 2.27. The van der Waals surface area contributed by atoms with Crippen LogP contribution in [0.25, 0.3) is 0 Å². The molecule has 0 rings (SSSR count). The summed E-state index contributed by atoms with van der Waals surface area (Å²) < 4.78 is 23.3. The van der Waals surface area contributed by atoms with Crippen molar-refractivity contribution in [1.29, 1.82) is 0 Å². The number of aliphatic hydroxyl groups excluding tert-OH is 1. The Morgan fingerprint density at radius 1 is 0.767 bits per heavy atom. The summed E-state index contributed by atoms with van der Waals surface area (Å²) in [5.41, 5.74) is 0. The molecule has 1 amide bonds. The van der Waals surface area contributed by atoms with Gasteiger partial charge in [0.15, 0.2) is 0 Å². The largest absolute Gasteiger partial charge is 0.472 e. The van der Waals surface area contributed by atoms with Crippen LogP contribution >= 0.6 is 7.82 Å². The predicted octanol–water partition coefficient (Wildman–Crippen LogP) is 8.46. The number of allylic oxidation sites excluding steroid dienone is 1. The minimum atomic E-state index is -4.31. The van der Waals surface area contributed by atoms with E-state index in [1.807, 2.05) is 27.2 Å². The standard InChI is InChI=1S/C34H69N2O6P/c1-6-8-10-12-14-16-18-20-22-24-26-28-34(38)35-32(31-42-43(39,40)41-30-29-36(3,4)5)33(37)27-25-23-21-19-17-15-13-11-9-7-2/h25,27,32-33,37H,6-24,26,28-31H2,1-5H3,(H-,35,38,39,40)/p+1/b27-25-/t32-,33+/m0/s1. The first-order valence-corrected chi connectivity index (χ1v) is 19.1. The van der Waals surface area contributed by atoms with E-state index in [1.54, 1.807) is 6.08 Å². The van der Waals surface area contributed by atoms with E-state index in [2.05, 4.69) is 19.2 Å². The van der Waals surface area contributed by atoms with Gasteiger partial charge in [-0.1, -0.05) is 135 Å². The summed E-state index contributed by atoms with van der Waals surface area (Å²) in [4.78, 5) is 22.8. The highest BCUT2D eigenvalue weighted by molar-refractivity contribution is 7.47. The fraction of sp³-hybridized carbons (Fsp3) is 0.912. The van der Waals surface area contributed by atoms with E-state index in [4.69, 9.17) is 9.05 Å². The number of phosphoric acid groups is 1. The van der Waals surface area contributed by atoms with Gasteiger partial charge in [0, 0.05) is 6.42 Å². The van der Waals surface area contributed by atoms with Gasteiger partial charge in [0.1, 0.15) is 13.2 Å². The van der Waals surface area contributed by atoms with Crippen molar-refractivity contribution in [1.82, 2.24) is 5.32 Å². The van der Waals surface area contributed by atoms with Crippen molar-refractivity contribution >= 4 is 13.7 Å². The second-order valence-electron chi connectivity index (χ2n) is 13.3. The van der Waals surface area contributed by atoms with Gasteiger partial charge >= 0.3 is 7.82 Å². The van der Waals surface area contributed by atoms with Crippen LogP contribution in [0.4, 0.5) is 0 Å². The Labute approximate surface area is 265 Å². The monoisotopic (exact) mass is 633 g/mol. The molecule has 9 heteroatoms. The van der Waals surface area contributed by atoms with E-state index in [0.717, 1.165) is 38.5 Å². The predicted molar refractivity (Wildman–Crippen MR) is 180 cm³/mol. The number of amides is 1. The molecule has 0 spiro atoms. The number of phosphoric ester groups is 1. The van der Waals surface area contributed by atoms with Gasteiger partial charge in [-0.25, -0.2) is 4.57 Å². The molecule has 8 nitrogen and oxygen atoms in total. The number of quaternary nitrogens is 1. The van der Waals surface area contributed by atoms with Crippen molar-refractivity contribution in [3.8, 4) is 0 Å². The molecule has 256 valence electrons. The van der Waals surface area contributed by atoms with Gasteiger partial charge in [-0.3, -0.25) is 13.8 Å². The molecule has 0 aliphatic rings. The Morgan fingerprint density at radius 3 is 1.72 bits per heavy atom. The number of rotatable bonds is 31. The highest BCUT2D eigenvalue weighted by atomic mass is 31.2. The highest BCUT2D eigenvalue weighted by Crippen LogP contribution is 2.43. The number of unbranched alkanes of at least 4 members (excludes halogenated alkanes) is 18. The summed E-state index contributed by atoms with van der Waals surface area (Å²) in [6, 6.07) is -0.836. The third-order valence-electron chi connectivity index (χ3n) is 7.76. The average Bonchev–Trinajstić information content (AvgIpc) is 2.94. The van der Waals surface area contributed by atoms with Crippen LogP contribution in [-0.2, 0) is 18.4 Å². The fourth-order valence-electron chi connectivity index (χ4n) is 4.86. The lowest BCUT2D eigenvalue weighted by atomic mass is 10.0. The third-order valence-corrected chi connectivity index (χ3v) is 8.74. The zero-order valence-electron chi connectivity index (χ0n) is 28.7. The lowest BCUT2D eigenvalue weighted by Crippen LogP contribution is -2.45. The molecule has 0 saturated heterocycles. The van der Waals surface area contributed by atoms with Crippen LogP contribution in [0.15, 0.2) is 12.2 Å². The third kappa shape index (κ3) is 29.7. The van der Waals surface area contributed by atoms with Crippen molar-refractivity contribution in [2.75, 3.05) is 40.9 Å². The summed E-state index contributed by atoms with van der Waals surface area (Å²) in [5.74, 6) is -0.182. The number of carbonyl (C=O) groups is 1. The first-order chi connectivity index (χ1) is 20.5. The number of hydrogen-bond donors (Lipinski definition) is 3. The first-order valence-electron chi connectivity index (χ1n) is 17.6. The summed E-state index contributed by atoms with van der Waals surface area (Å²) in [5, 5.41) is 13.7. The fourth-order valence-corrected chi connectivity index (χ4v) is 5.60. The van der Waals surface area contributed by atoms with Crippen molar-refractivity contribution in [3.63, 3.8) is 0 Å². The first kappa shape index (κ1) is 42.2. The van der Waals surface area contributed by atoms with Crippen LogP contribution in [-0.4, -0.2) is 73.4 Å². The molecule has 0 aliphatic carbocycles. The molecule has 0 aromatic rings. The molecule has 43 heavy (non-hydrogen) atoms. The summed E-state index contributed by atoms with van der Waals surface area (Å²) >= 11 is 0. The summed E-state index contributed by atoms with van der Waals surface area (Å²) in [6.45, 7) is 4.76. The van der Waals surface area contributed by atoms with Gasteiger partial charge in [0.25, 0.3) is 0 Å². The van der Waals surface area contributed by atoms with E-state index >= 15 is 0 Å². The van der Waals surface area contributed by atoms with E-state index in [-0.39, 0.29) is 19.1 Å². The second kappa shape index (κ2) is 27.5. The van der Waals surface area contributed by atoms with Crippen molar-refractivity contribution in [2.24, 2.45) is 0 Å². The zero-order valence-corrected chi connectivity index (χ0v) is 29.6. The summed E-state index contributed by atoms with van der Waals surface area (Å²) in [7, 11) is 1.57. The number of carbonyl (C=O) groups excluding carboxylic acids is 1. The summed E-state index contributed by atoms with van der Waals surface area (Å²) in [6.07, 6.45) is 27.0. The maximum Gasteiger partial charge on any atom is 0.472 e. The number of nitrogens with one attached hydrogen (secondary N) is 1. The average molecular weight is 634 g/mol. The van der Waals surface area contributed by atoms with E-state index in [1.165, 1.54) is 89.9 Å². The number of nitrogens with zero attached hydrogens (tertiary/aromatic N) is 1. The van der Waals surface area contributed by atoms with Crippen molar-refractivity contribution in [2.45, 2.75) is 161 Å². The van der Waals surface area contributed by atoms with Gasteiger partial charge in [0.2, 0.25) is 5.91 Å². The van der Waals surface area contributed by atoms with Crippen LogP contribution in [0, 0.1) is 0 Å². The maximum absolute atomic E-state index is 12.7. The molecule has 0 aromatic carbocycles. The molecular weight excluding hydrogens is 563 g/mol. The lowest BCUT2D eigenvalue weighted by Gasteiger charge is -2.25. The minimum Gasteiger partial charge on any atom is -0.387 e. The normalized spacial score (nSPS) is 15.0. The Hall–Kier alpha value is -0.760. The molecule has 0 heterocycles. The van der Waals surface area contributed by atoms with Crippen LogP contribution in [0.2, 0.25) is 0 Å². The van der Waals surface area contributed by atoms with Gasteiger partial charge in [-0.15, -0.1) is 0 Å². The Balaban J connectivity index is 4.59.